The fraction of sp³-hybridized carbons (Fsp3) is 0.286. The van der Waals surface area contributed by atoms with E-state index >= 15 is 0 Å². The van der Waals surface area contributed by atoms with E-state index in [0.29, 0.717) is 13.1 Å². The smallest absolute Gasteiger partial charge is 0.277 e. The van der Waals surface area contributed by atoms with Gasteiger partial charge in [0.05, 0.1) is 17.8 Å². The molecular formula is C21H22F3N7OS. The number of carbonyl (C=O) groups excluding carboxylic acids is 1. The van der Waals surface area contributed by atoms with Gasteiger partial charge in [0.25, 0.3) is 5.91 Å². The summed E-state index contributed by atoms with van der Waals surface area (Å²) in [6, 6.07) is 3.37. The van der Waals surface area contributed by atoms with E-state index in [0.717, 1.165) is 29.7 Å². The number of nitrogens with one attached hydrogen (secondary N) is 2. The molecule has 3 rings (SSSR count). The topological polar surface area (TPSA) is 122 Å². The van der Waals surface area contributed by atoms with Crippen molar-refractivity contribution in [2.75, 3.05) is 39.0 Å². The minimum Gasteiger partial charge on any atom is -0.403 e. The van der Waals surface area contributed by atoms with Gasteiger partial charge in [-0.15, -0.1) is 6.42 Å². The number of amides is 1. The monoisotopic (exact) mass is 477 g/mol. The first-order chi connectivity index (χ1) is 15.7. The predicted molar refractivity (Wildman–Crippen MR) is 122 cm³/mol. The number of rotatable bonds is 4. The largest absolute Gasteiger partial charge is 0.403 e. The number of hydrogen-bond acceptors (Lipinski definition) is 7. The summed E-state index contributed by atoms with van der Waals surface area (Å²) in [5.74, 6) is -0.117. The molecule has 0 bridgehead atoms. The van der Waals surface area contributed by atoms with E-state index in [-0.39, 0.29) is 45.9 Å². The summed E-state index contributed by atoms with van der Waals surface area (Å²) in [7, 11) is 1.45. The van der Waals surface area contributed by atoms with Crippen LogP contribution in [-0.4, -0.2) is 60.5 Å². The Morgan fingerprint density at radius 1 is 1.45 bits per heavy atom. The summed E-state index contributed by atoms with van der Waals surface area (Å²) in [4.78, 5) is 22.6. The molecule has 0 aliphatic carbocycles. The molecule has 174 valence electrons. The van der Waals surface area contributed by atoms with Crippen LogP contribution in [0.25, 0.3) is 10.6 Å². The summed E-state index contributed by atoms with van der Waals surface area (Å²) in [5.41, 5.74) is 9.10. The number of nitrogen functional groups attached to an aromatic ring is 1. The van der Waals surface area contributed by atoms with Gasteiger partial charge in [-0.1, -0.05) is 23.3 Å². The van der Waals surface area contributed by atoms with Crippen LogP contribution in [0.15, 0.2) is 35.1 Å². The summed E-state index contributed by atoms with van der Waals surface area (Å²) in [6.07, 6.45) is 6.44. The minimum absolute atomic E-state index is 0.0320. The van der Waals surface area contributed by atoms with Gasteiger partial charge in [-0.25, -0.2) is 18.2 Å². The Bertz CT molecular complexity index is 1140. The number of hydrogen-bond donors (Lipinski definition) is 4. The van der Waals surface area contributed by atoms with Crippen LogP contribution < -0.4 is 22.1 Å². The lowest BCUT2D eigenvalue weighted by Gasteiger charge is -2.29. The van der Waals surface area contributed by atoms with Gasteiger partial charge in [0.1, 0.15) is 27.5 Å². The number of benzene rings is 1. The third-order valence-corrected chi connectivity index (χ3v) is 5.78. The number of anilines is 1. The lowest BCUT2D eigenvalue weighted by molar-refractivity contribution is 0.0963. The molecule has 1 atom stereocenters. The zero-order valence-corrected chi connectivity index (χ0v) is 18.5. The maximum absolute atomic E-state index is 14.9. The number of thiazole rings is 1. The van der Waals surface area contributed by atoms with Gasteiger partial charge in [0, 0.05) is 32.9 Å². The number of carbonyl (C=O) groups is 1. The van der Waals surface area contributed by atoms with E-state index in [1.807, 2.05) is 0 Å². The van der Waals surface area contributed by atoms with Crippen molar-refractivity contribution in [2.24, 2.45) is 10.7 Å². The normalized spacial score (nSPS) is 19.7. The van der Waals surface area contributed by atoms with Gasteiger partial charge in [-0.05, 0) is 12.1 Å². The van der Waals surface area contributed by atoms with Gasteiger partial charge in [0.15, 0.2) is 11.4 Å². The van der Waals surface area contributed by atoms with Crippen molar-refractivity contribution in [3.8, 4) is 22.9 Å². The molecular weight excluding hydrogens is 455 g/mol. The van der Waals surface area contributed by atoms with Crippen molar-refractivity contribution in [3.05, 3.63) is 47.4 Å². The van der Waals surface area contributed by atoms with Gasteiger partial charge >= 0.3 is 0 Å². The number of nitrogens with zero attached hydrogens (tertiary/aromatic N) is 3. The van der Waals surface area contributed by atoms with Crippen molar-refractivity contribution >= 4 is 28.1 Å². The Labute approximate surface area is 192 Å². The van der Waals surface area contributed by atoms with Crippen LogP contribution in [0.1, 0.15) is 10.5 Å². The van der Waals surface area contributed by atoms with E-state index in [4.69, 9.17) is 17.9 Å². The molecule has 1 fully saturated rings. The number of amidine groups is 1. The van der Waals surface area contributed by atoms with Crippen molar-refractivity contribution < 1.29 is 18.0 Å². The Morgan fingerprint density at radius 2 is 2.15 bits per heavy atom. The highest BCUT2D eigenvalue weighted by molar-refractivity contribution is 7.19. The summed E-state index contributed by atoms with van der Waals surface area (Å²) >= 11 is 0.761. The fourth-order valence-electron chi connectivity index (χ4n) is 3.31. The molecule has 6 N–H and O–H groups in total. The third kappa shape index (κ3) is 5.10. The van der Waals surface area contributed by atoms with Crippen LogP contribution in [0, 0.1) is 24.0 Å². The SMILES string of the molecule is C#C[C@@]1(F)CNCCN(C(=NC)/C(=C\N)NC(=O)c2nc(-c3c(F)cccc3F)sc2N)C1. The summed E-state index contributed by atoms with van der Waals surface area (Å²) < 4.78 is 43.1. The van der Waals surface area contributed by atoms with Crippen molar-refractivity contribution in [1.82, 2.24) is 20.5 Å². The van der Waals surface area contributed by atoms with Gasteiger partial charge in [-0.2, -0.15) is 0 Å². The van der Waals surface area contributed by atoms with Gasteiger partial charge in [0.2, 0.25) is 0 Å². The number of halogens is 3. The molecule has 8 nitrogen and oxygen atoms in total. The van der Waals surface area contributed by atoms with Crippen LogP contribution in [0.3, 0.4) is 0 Å². The number of nitrogens with two attached hydrogens (primary N) is 2. The quantitative estimate of drug-likeness (QED) is 0.301. The second-order valence-electron chi connectivity index (χ2n) is 7.12. The predicted octanol–water partition coefficient (Wildman–Crippen LogP) is 1.48. The molecule has 2 aromatic rings. The zero-order chi connectivity index (χ0) is 24.2. The molecule has 0 saturated carbocycles. The van der Waals surface area contributed by atoms with E-state index in [2.05, 4.69) is 26.5 Å². The van der Waals surface area contributed by atoms with Gasteiger partial charge < -0.3 is 27.0 Å². The number of aromatic nitrogens is 1. The van der Waals surface area contributed by atoms with Crippen LogP contribution in [-0.2, 0) is 0 Å². The molecule has 1 aromatic carbocycles. The first kappa shape index (κ1) is 24.1. The molecule has 0 spiro atoms. The highest BCUT2D eigenvalue weighted by Gasteiger charge is 2.34. The maximum Gasteiger partial charge on any atom is 0.277 e. The van der Waals surface area contributed by atoms with Crippen LogP contribution in [0.4, 0.5) is 18.2 Å². The number of terminal acetylenes is 1. The Balaban J connectivity index is 1.85. The Kier molecular flexibility index (Phi) is 7.25. The van der Waals surface area contributed by atoms with Crippen LogP contribution in [0.5, 0.6) is 0 Å². The molecule has 0 radical (unpaired) electrons. The number of alkyl halides is 1. The Hall–Kier alpha value is -3.56. The van der Waals surface area contributed by atoms with Crippen molar-refractivity contribution in [1.29, 1.82) is 0 Å². The highest BCUT2D eigenvalue weighted by Crippen LogP contribution is 2.33. The lowest BCUT2D eigenvalue weighted by Crippen LogP contribution is -2.46. The molecule has 2 heterocycles. The molecule has 0 unspecified atom stereocenters. The average molecular weight is 478 g/mol. The van der Waals surface area contributed by atoms with E-state index < -0.39 is 23.2 Å². The summed E-state index contributed by atoms with van der Waals surface area (Å²) in [6.45, 7) is 0.569. The highest BCUT2D eigenvalue weighted by atomic mass is 32.1. The molecule has 1 amide bonds. The van der Waals surface area contributed by atoms with Gasteiger partial charge in [-0.3, -0.25) is 9.79 Å². The van der Waals surface area contributed by atoms with Crippen LogP contribution in [0.2, 0.25) is 0 Å². The standard InChI is InChI=1S/C21H22F3N7OS/c1-3-21(24)10-28-7-8-31(11-21)18(27-2)14(9-25)29-19(32)16-17(26)33-20(30-16)15-12(22)5-4-6-13(15)23/h1,4-6,9,28H,7-8,10-11,25-26H2,2H3,(H,29,32)/b14-9+,27-18?/t21-/m1/s1. The van der Waals surface area contributed by atoms with E-state index in [1.165, 1.54) is 13.1 Å². The maximum atomic E-state index is 14.9. The van der Waals surface area contributed by atoms with E-state index in [9.17, 15) is 18.0 Å². The van der Waals surface area contributed by atoms with Crippen molar-refractivity contribution in [2.45, 2.75) is 5.67 Å². The molecule has 1 saturated heterocycles. The average Bonchev–Trinajstić information content (AvgIpc) is 3.05. The third-order valence-electron chi connectivity index (χ3n) is 4.88. The Morgan fingerprint density at radius 3 is 2.76 bits per heavy atom. The second-order valence-corrected chi connectivity index (χ2v) is 8.15. The van der Waals surface area contributed by atoms with E-state index in [1.54, 1.807) is 4.90 Å². The molecule has 1 aromatic heterocycles. The first-order valence-corrected chi connectivity index (χ1v) is 10.6. The minimum atomic E-state index is -1.95. The molecule has 33 heavy (non-hydrogen) atoms. The molecule has 12 heteroatoms. The molecule has 1 aliphatic heterocycles. The first-order valence-electron chi connectivity index (χ1n) is 9.76. The van der Waals surface area contributed by atoms with Crippen LogP contribution >= 0.6 is 11.3 Å². The fourth-order valence-corrected chi connectivity index (χ4v) is 4.18. The molecule has 1 aliphatic rings. The number of aliphatic imine (C=N–C) groups is 1. The second kappa shape index (κ2) is 9.93. The lowest BCUT2D eigenvalue weighted by atomic mass is 10.1. The summed E-state index contributed by atoms with van der Waals surface area (Å²) in [5, 5.41) is 5.31. The van der Waals surface area contributed by atoms with Crippen molar-refractivity contribution in [3.63, 3.8) is 0 Å². The zero-order valence-electron chi connectivity index (χ0n) is 17.7.